The number of ketones is 2. The minimum atomic E-state index is -2.32. The summed E-state index contributed by atoms with van der Waals surface area (Å²) >= 11 is 0. The van der Waals surface area contributed by atoms with Gasteiger partial charge in [0.05, 0.1) is 6.10 Å². The minimum absolute atomic E-state index is 0.0102. The van der Waals surface area contributed by atoms with Gasteiger partial charge in [0.1, 0.15) is 6.17 Å². The van der Waals surface area contributed by atoms with E-state index in [1.165, 1.54) is 25.2 Å². The van der Waals surface area contributed by atoms with Crippen LogP contribution in [0, 0.1) is 16.7 Å². The predicted octanol–water partition coefficient (Wildman–Crippen LogP) is 2.46. The summed E-state index contributed by atoms with van der Waals surface area (Å²) in [6, 6.07) is 0. The quantitative estimate of drug-likeness (QED) is 0.753. The Morgan fingerprint density at radius 2 is 2.07 bits per heavy atom. The van der Waals surface area contributed by atoms with Crippen LogP contribution in [0.4, 0.5) is 13.2 Å². The number of Topliss-reactive ketones (excluding diaryl/α,β-unsaturated/α-hetero) is 1. The van der Waals surface area contributed by atoms with Gasteiger partial charge in [-0.25, -0.2) is 13.2 Å². The van der Waals surface area contributed by atoms with E-state index in [1.54, 1.807) is 6.92 Å². The van der Waals surface area contributed by atoms with E-state index < -0.39 is 58.5 Å². The molecule has 7 atom stereocenters. The molecule has 4 nitrogen and oxygen atoms in total. The van der Waals surface area contributed by atoms with Crippen molar-refractivity contribution in [1.29, 1.82) is 0 Å². The molecule has 4 rings (SSSR count). The molecule has 4 aliphatic carbocycles. The molecule has 0 bridgehead atoms. The SMILES string of the molecule is C[C@]12C=CC(=O)C=C1[C@@H](F)C[C@@H]1[C@]2(F)[C@@H](O)C[C@]2(C)C(C(=O)CF)=CC[C@@]12N. The molecule has 28 heavy (non-hydrogen) atoms. The second kappa shape index (κ2) is 5.66. The number of halogens is 3. The number of hydrogen-bond donors (Lipinski definition) is 2. The normalized spacial score (nSPS) is 49.7. The number of nitrogens with two attached hydrogens (primary N) is 1. The summed E-state index contributed by atoms with van der Waals surface area (Å²) in [6.07, 6.45) is 1.57. The van der Waals surface area contributed by atoms with Crippen LogP contribution < -0.4 is 5.73 Å². The van der Waals surface area contributed by atoms with E-state index in [9.17, 15) is 19.1 Å². The zero-order valence-electron chi connectivity index (χ0n) is 15.8. The monoisotopic (exact) mass is 395 g/mol. The number of carbonyl (C=O) groups is 2. The molecular formula is C21H24F3NO3. The Bertz CT molecular complexity index is 867. The first kappa shape index (κ1) is 19.6. The minimum Gasteiger partial charge on any atom is -0.390 e. The Morgan fingerprint density at radius 3 is 2.71 bits per heavy atom. The highest BCUT2D eigenvalue weighted by atomic mass is 19.1. The molecule has 3 N–H and O–H groups in total. The molecule has 0 spiro atoms. The van der Waals surface area contributed by atoms with Crippen molar-refractivity contribution >= 4 is 11.6 Å². The zero-order valence-corrected chi connectivity index (χ0v) is 15.8. The van der Waals surface area contributed by atoms with Crippen molar-refractivity contribution < 1.29 is 27.9 Å². The predicted molar refractivity (Wildman–Crippen MR) is 96.5 cm³/mol. The number of rotatable bonds is 2. The average Bonchev–Trinajstić information content (AvgIpc) is 2.90. The Morgan fingerprint density at radius 1 is 1.39 bits per heavy atom. The number of alkyl halides is 3. The maximum absolute atomic E-state index is 16.8. The number of allylic oxidation sites excluding steroid dienone is 4. The van der Waals surface area contributed by atoms with Crippen molar-refractivity contribution in [3.05, 3.63) is 35.5 Å². The first-order valence-electron chi connectivity index (χ1n) is 9.50. The lowest BCUT2D eigenvalue weighted by atomic mass is 9.42. The Kier molecular flexibility index (Phi) is 3.96. The number of aliphatic hydroxyl groups is 1. The van der Waals surface area contributed by atoms with Gasteiger partial charge in [0.25, 0.3) is 0 Å². The molecule has 0 unspecified atom stereocenters. The zero-order chi connectivity index (χ0) is 20.7. The van der Waals surface area contributed by atoms with E-state index in [0.717, 1.165) is 6.08 Å². The van der Waals surface area contributed by atoms with Crippen molar-refractivity contribution in [3.8, 4) is 0 Å². The molecule has 0 heterocycles. The summed E-state index contributed by atoms with van der Waals surface area (Å²) in [5.74, 6) is -2.28. The Balaban J connectivity index is 1.88. The first-order chi connectivity index (χ1) is 13.0. The summed E-state index contributed by atoms with van der Waals surface area (Å²) < 4.78 is 45.1. The fourth-order valence-corrected chi connectivity index (χ4v) is 6.32. The van der Waals surface area contributed by atoms with Gasteiger partial charge in [-0.3, -0.25) is 9.59 Å². The maximum Gasteiger partial charge on any atom is 0.190 e. The second-order valence-electron chi connectivity index (χ2n) is 9.03. The Hall–Kier alpha value is -1.73. The fraction of sp³-hybridized carbons (Fsp3) is 0.619. The molecular weight excluding hydrogens is 371 g/mol. The number of carbonyl (C=O) groups excluding carboxylic acids is 2. The Labute approximate surface area is 161 Å². The van der Waals surface area contributed by atoms with Gasteiger partial charge in [-0.05, 0) is 43.9 Å². The summed E-state index contributed by atoms with van der Waals surface area (Å²) in [7, 11) is 0. The van der Waals surface area contributed by atoms with E-state index in [0.29, 0.717) is 0 Å². The van der Waals surface area contributed by atoms with Crippen LogP contribution >= 0.6 is 0 Å². The van der Waals surface area contributed by atoms with E-state index >= 15 is 8.78 Å². The van der Waals surface area contributed by atoms with E-state index in [4.69, 9.17) is 5.73 Å². The van der Waals surface area contributed by atoms with Crippen LogP contribution in [-0.2, 0) is 9.59 Å². The van der Waals surface area contributed by atoms with Gasteiger partial charge in [-0.15, -0.1) is 0 Å². The van der Waals surface area contributed by atoms with Crippen molar-refractivity contribution in [2.24, 2.45) is 22.5 Å². The summed E-state index contributed by atoms with van der Waals surface area (Å²) in [6.45, 7) is 1.90. The second-order valence-corrected chi connectivity index (χ2v) is 9.03. The molecule has 0 aromatic rings. The van der Waals surface area contributed by atoms with Crippen LogP contribution in [0.1, 0.15) is 33.1 Å². The maximum atomic E-state index is 16.8. The summed E-state index contributed by atoms with van der Waals surface area (Å²) in [5.41, 5.74) is 0.477. The van der Waals surface area contributed by atoms with Crippen LogP contribution in [0.25, 0.3) is 0 Å². The number of aliphatic hydroxyl groups excluding tert-OH is 1. The smallest absolute Gasteiger partial charge is 0.190 e. The van der Waals surface area contributed by atoms with Gasteiger partial charge < -0.3 is 10.8 Å². The van der Waals surface area contributed by atoms with Gasteiger partial charge in [0.2, 0.25) is 0 Å². The van der Waals surface area contributed by atoms with Crippen LogP contribution in [0.15, 0.2) is 35.5 Å². The van der Waals surface area contributed by atoms with E-state index in [1.807, 2.05) is 0 Å². The lowest BCUT2D eigenvalue weighted by molar-refractivity contribution is -0.200. The van der Waals surface area contributed by atoms with Gasteiger partial charge >= 0.3 is 0 Å². The topological polar surface area (TPSA) is 80.4 Å². The molecule has 4 aliphatic rings. The molecule has 0 aromatic heterocycles. The van der Waals surface area contributed by atoms with E-state index in [-0.39, 0.29) is 30.4 Å². The van der Waals surface area contributed by atoms with Gasteiger partial charge in [0.15, 0.2) is 23.9 Å². The van der Waals surface area contributed by atoms with Crippen molar-refractivity contribution in [2.45, 2.75) is 56.6 Å². The highest BCUT2D eigenvalue weighted by Gasteiger charge is 2.75. The van der Waals surface area contributed by atoms with Gasteiger partial charge in [-0.1, -0.05) is 19.1 Å². The van der Waals surface area contributed by atoms with Gasteiger partial charge in [-0.2, -0.15) is 0 Å². The summed E-state index contributed by atoms with van der Waals surface area (Å²) in [4.78, 5) is 23.9. The van der Waals surface area contributed by atoms with Crippen LogP contribution in [-0.4, -0.2) is 46.8 Å². The lowest BCUT2D eigenvalue weighted by Gasteiger charge is -2.65. The van der Waals surface area contributed by atoms with E-state index in [2.05, 4.69) is 0 Å². The first-order valence-corrected chi connectivity index (χ1v) is 9.50. The van der Waals surface area contributed by atoms with Crippen molar-refractivity contribution in [3.63, 3.8) is 0 Å². The molecule has 0 radical (unpaired) electrons. The van der Waals surface area contributed by atoms with Gasteiger partial charge in [0, 0.05) is 27.9 Å². The molecule has 0 aromatic carbocycles. The molecule has 0 saturated heterocycles. The lowest BCUT2D eigenvalue weighted by Crippen LogP contribution is -2.76. The molecule has 0 amide bonds. The average molecular weight is 395 g/mol. The fourth-order valence-electron chi connectivity index (χ4n) is 6.32. The standard InChI is InChI=1S/C21H24F3NO3/c1-18-5-3-11(26)7-13(18)14(23)8-16-20(25)6-4-12(15(27)10-22)19(20,2)9-17(28)21(16,18)24/h3-5,7,14,16-17,28H,6,8-10,25H2,1-2H3/t14-,16-,17-,18-,19+,20+,21-/m0/s1. The number of hydrogen-bond acceptors (Lipinski definition) is 4. The largest absolute Gasteiger partial charge is 0.390 e. The summed E-state index contributed by atoms with van der Waals surface area (Å²) in [5, 5.41) is 11.0. The highest BCUT2D eigenvalue weighted by Crippen LogP contribution is 2.68. The molecule has 2 fully saturated rings. The molecule has 152 valence electrons. The van der Waals surface area contributed by atoms with Crippen molar-refractivity contribution in [2.75, 3.05) is 6.67 Å². The third-order valence-corrected chi connectivity index (χ3v) is 7.96. The van der Waals surface area contributed by atoms with Crippen molar-refractivity contribution in [1.82, 2.24) is 0 Å². The molecule has 7 heteroatoms. The third-order valence-electron chi connectivity index (χ3n) is 7.96. The molecule has 2 saturated carbocycles. The van der Waals surface area contributed by atoms with Crippen LogP contribution in [0.5, 0.6) is 0 Å². The highest BCUT2D eigenvalue weighted by molar-refractivity contribution is 6.01. The number of fused-ring (bicyclic) bond motifs is 5. The molecule has 0 aliphatic heterocycles. The van der Waals surface area contributed by atoms with Crippen LogP contribution in [0.2, 0.25) is 0 Å². The third kappa shape index (κ3) is 1.99. The van der Waals surface area contributed by atoms with Crippen LogP contribution in [0.3, 0.4) is 0 Å².